The second kappa shape index (κ2) is 7.14. The van der Waals surface area contributed by atoms with E-state index in [1.165, 1.54) is 47.9 Å². The Morgan fingerprint density at radius 2 is 1.44 bits per heavy atom. The van der Waals surface area contributed by atoms with Crippen molar-refractivity contribution >= 4 is 0 Å². The molecule has 0 saturated carbocycles. The minimum absolute atomic E-state index is 0.278. The Hall–Kier alpha value is -2.54. The van der Waals surface area contributed by atoms with Gasteiger partial charge in [0.05, 0.1) is 7.11 Å². The summed E-state index contributed by atoms with van der Waals surface area (Å²) in [5, 5.41) is 0. The van der Waals surface area contributed by atoms with E-state index in [1.54, 1.807) is 12.7 Å². The molecule has 25 heavy (non-hydrogen) atoms. The average molecular weight is 328 g/mol. The van der Waals surface area contributed by atoms with Crippen LogP contribution in [-0.2, 0) is 12.8 Å². The van der Waals surface area contributed by atoms with Crippen molar-refractivity contribution in [3.05, 3.63) is 101 Å². The van der Waals surface area contributed by atoms with Gasteiger partial charge in [-0.15, -0.1) is 0 Å². The molecule has 1 heteroatoms. The third-order valence-corrected chi connectivity index (χ3v) is 5.33. The Bertz CT molecular complexity index is 834. The van der Waals surface area contributed by atoms with Crippen molar-refractivity contribution in [3.63, 3.8) is 0 Å². The molecule has 1 nitrogen and oxygen atoms in total. The van der Waals surface area contributed by atoms with Gasteiger partial charge in [0.1, 0.15) is 5.75 Å². The fourth-order valence-electron chi connectivity index (χ4n) is 4.07. The van der Waals surface area contributed by atoms with Crippen molar-refractivity contribution in [2.24, 2.45) is 0 Å². The lowest BCUT2D eigenvalue weighted by Gasteiger charge is -2.26. The maximum atomic E-state index is 5.35. The molecular formula is C24H24O. The molecule has 0 aromatic heterocycles. The molecule has 0 bridgehead atoms. The number of hydrogen-bond donors (Lipinski definition) is 0. The second-order valence-corrected chi connectivity index (χ2v) is 6.81. The first-order chi connectivity index (χ1) is 12.4. The van der Waals surface area contributed by atoms with E-state index in [0.717, 1.165) is 5.75 Å². The number of ether oxygens (including phenoxy) is 1. The van der Waals surface area contributed by atoms with Crippen LogP contribution in [0.1, 0.15) is 46.6 Å². The third-order valence-electron chi connectivity index (χ3n) is 5.33. The highest BCUT2D eigenvalue weighted by Gasteiger charge is 2.22. The van der Waals surface area contributed by atoms with Crippen molar-refractivity contribution in [1.82, 2.24) is 0 Å². The fraction of sp³-hybridized carbons (Fsp3) is 0.250. The van der Waals surface area contributed by atoms with Crippen LogP contribution >= 0.6 is 0 Å². The van der Waals surface area contributed by atoms with Crippen LogP contribution in [0.4, 0.5) is 0 Å². The minimum Gasteiger partial charge on any atom is -0.497 e. The molecule has 0 aliphatic heterocycles. The van der Waals surface area contributed by atoms with E-state index in [9.17, 15) is 0 Å². The molecule has 0 N–H and O–H groups in total. The highest BCUT2D eigenvalue weighted by molar-refractivity contribution is 5.50. The van der Waals surface area contributed by atoms with Gasteiger partial charge in [-0.2, -0.15) is 0 Å². The lowest BCUT2D eigenvalue weighted by atomic mass is 9.78. The largest absolute Gasteiger partial charge is 0.497 e. The van der Waals surface area contributed by atoms with Crippen molar-refractivity contribution in [3.8, 4) is 5.75 Å². The van der Waals surface area contributed by atoms with Crippen LogP contribution in [-0.4, -0.2) is 7.11 Å². The van der Waals surface area contributed by atoms with Gasteiger partial charge in [0, 0.05) is 5.92 Å². The molecule has 1 unspecified atom stereocenters. The summed E-state index contributed by atoms with van der Waals surface area (Å²) in [4.78, 5) is 0. The molecule has 3 aromatic carbocycles. The van der Waals surface area contributed by atoms with E-state index in [0.29, 0.717) is 0 Å². The lowest BCUT2D eigenvalue weighted by molar-refractivity contribution is 0.414. The van der Waals surface area contributed by atoms with E-state index < -0.39 is 0 Å². The summed E-state index contributed by atoms with van der Waals surface area (Å²) in [5.41, 5.74) is 7.25. The number of methoxy groups -OCH3 is 1. The Balaban J connectivity index is 1.86. The van der Waals surface area contributed by atoms with Crippen LogP contribution in [0.25, 0.3) is 0 Å². The molecule has 4 rings (SSSR count). The predicted molar refractivity (Wildman–Crippen MR) is 103 cm³/mol. The molecule has 0 spiro atoms. The molecule has 1 aliphatic rings. The van der Waals surface area contributed by atoms with Gasteiger partial charge in [-0.3, -0.25) is 0 Å². The van der Waals surface area contributed by atoms with E-state index in [4.69, 9.17) is 4.74 Å². The Kier molecular flexibility index (Phi) is 4.56. The number of aryl methyl sites for hydroxylation is 1. The Morgan fingerprint density at radius 3 is 2.20 bits per heavy atom. The molecule has 0 radical (unpaired) electrons. The molecule has 3 aromatic rings. The van der Waals surface area contributed by atoms with E-state index in [2.05, 4.69) is 72.8 Å². The van der Waals surface area contributed by atoms with Gasteiger partial charge >= 0.3 is 0 Å². The maximum Gasteiger partial charge on any atom is 0.118 e. The summed E-state index contributed by atoms with van der Waals surface area (Å²) >= 11 is 0. The minimum atomic E-state index is 0.278. The molecule has 0 heterocycles. The summed E-state index contributed by atoms with van der Waals surface area (Å²) in [5.74, 6) is 1.19. The first-order valence-corrected chi connectivity index (χ1v) is 9.16. The summed E-state index contributed by atoms with van der Waals surface area (Å²) in [6.45, 7) is 0. The van der Waals surface area contributed by atoms with E-state index in [1.807, 2.05) is 0 Å². The molecule has 0 saturated heterocycles. The zero-order valence-electron chi connectivity index (χ0n) is 14.7. The highest BCUT2D eigenvalue weighted by Crippen LogP contribution is 2.37. The molecule has 1 aliphatic carbocycles. The number of rotatable bonds is 4. The van der Waals surface area contributed by atoms with Crippen LogP contribution < -0.4 is 4.74 Å². The molecule has 0 amide bonds. The summed E-state index contributed by atoms with van der Waals surface area (Å²) in [6, 6.07) is 26.3. The first kappa shape index (κ1) is 16.0. The van der Waals surface area contributed by atoms with Crippen LogP contribution in [0, 0.1) is 0 Å². The fourth-order valence-corrected chi connectivity index (χ4v) is 4.07. The Morgan fingerprint density at radius 1 is 0.720 bits per heavy atom. The van der Waals surface area contributed by atoms with Gasteiger partial charge in [0.2, 0.25) is 0 Å². The van der Waals surface area contributed by atoms with Crippen LogP contribution in [0.5, 0.6) is 5.75 Å². The summed E-state index contributed by atoms with van der Waals surface area (Å²) in [6.07, 6.45) is 5.03. The van der Waals surface area contributed by atoms with Crippen molar-refractivity contribution in [2.75, 3.05) is 7.11 Å². The molecule has 126 valence electrons. The van der Waals surface area contributed by atoms with Gasteiger partial charge in [-0.1, -0.05) is 60.7 Å². The molecule has 0 fully saturated rings. The zero-order valence-corrected chi connectivity index (χ0v) is 14.7. The molecule has 1 atom stereocenters. The van der Waals surface area contributed by atoms with Crippen molar-refractivity contribution in [1.29, 1.82) is 0 Å². The lowest BCUT2D eigenvalue weighted by Crippen LogP contribution is -2.11. The van der Waals surface area contributed by atoms with Gasteiger partial charge in [-0.25, -0.2) is 0 Å². The number of hydrogen-bond acceptors (Lipinski definition) is 1. The predicted octanol–water partition coefficient (Wildman–Crippen LogP) is 5.75. The van der Waals surface area contributed by atoms with Gasteiger partial charge < -0.3 is 4.74 Å². The van der Waals surface area contributed by atoms with Crippen LogP contribution in [0.3, 0.4) is 0 Å². The molecular weight excluding hydrogens is 304 g/mol. The average Bonchev–Trinajstić information content (AvgIpc) is 2.70. The second-order valence-electron chi connectivity index (χ2n) is 6.81. The zero-order chi connectivity index (χ0) is 17.1. The van der Waals surface area contributed by atoms with E-state index in [-0.39, 0.29) is 5.92 Å². The Labute approximate surface area is 150 Å². The van der Waals surface area contributed by atoms with Crippen LogP contribution in [0.15, 0.2) is 72.8 Å². The maximum absolute atomic E-state index is 5.35. The quantitative estimate of drug-likeness (QED) is 0.554. The van der Waals surface area contributed by atoms with Crippen molar-refractivity contribution in [2.45, 2.75) is 31.6 Å². The van der Waals surface area contributed by atoms with Crippen molar-refractivity contribution < 1.29 is 4.74 Å². The van der Waals surface area contributed by atoms with Crippen LogP contribution in [0.2, 0.25) is 0 Å². The standard InChI is InChI=1S/C24H24O/c1-25-21-16-14-20(15-17-21)24(19-9-3-2-4-10-19)23-13-7-11-18-8-5-6-12-22(18)23/h2-4,7,9-11,13-17,24H,5-6,8,12H2,1H3. The monoisotopic (exact) mass is 328 g/mol. The normalized spacial score (nSPS) is 14.6. The topological polar surface area (TPSA) is 9.23 Å². The SMILES string of the molecule is COc1ccc(C(c2ccccc2)c2cccc3c2CCCC3)cc1. The van der Waals surface area contributed by atoms with Gasteiger partial charge in [0.25, 0.3) is 0 Å². The third kappa shape index (κ3) is 3.19. The van der Waals surface area contributed by atoms with Gasteiger partial charge in [-0.05, 0) is 65.6 Å². The first-order valence-electron chi connectivity index (χ1n) is 9.16. The summed E-state index contributed by atoms with van der Waals surface area (Å²) in [7, 11) is 1.72. The number of fused-ring (bicyclic) bond motifs is 1. The highest BCUT2D eigenvalue weighted by atomic mass is 16.5. The van der Waals surface area contributed by atoms with Gasteiger partial charge in [0.15, 0.2) is 0 Å². The summed E-state index contributed by atoms with van der Waals surface area (Å²) < 4.78 is 5.35. The number of benzene rings is 3. The smallest absolute Gasteiger partial charge is 0.118 e. The van der Waals surface area contributed by atoms with E-state index >= 15 is 0 Å².